The number of hydrogen-bond acceptors (Lipinski definition) is 3. The predicted molar refractivity (Wildman–Crippen MR) is 54.9 cm³/mol. The first-order chi connectivity index (χ1) is 6.75. The molecule has 1 saturated carbocycles. The van der Waals surface area contributed by atoms with Crippen LogP contribution in [-0.4, -0.2) is 14.5 Å². The van der Waals surface area contributed by atoms with E-state index in [1.54, 1.807) is 0 Å². The second-order valence-corrected chi connectivity index (χ2v) is 3.93. The zero-order valence-corrected chi connectivity index (χ0v) is 8.07. The first kappa shape index (κ1) is 7.79. The van der Waals surface area contributed by atoms with Crippen LogP contribution in [0.1, 0.15) is 24.4 Å². The van der Waals surface area contributed by atoms with Crippen LogP contribution in [0.5, 0.6) is 0 Å². The van der Waals surface area contributed by atoms with E-state index in [0.717, 1.165) is 16.7 Å². The molecule has 0 aliphatic heterocycles. The van der Waals surface area contributed by atoms with Gasteiger partial charge in [0.25, 0.3) is 0 Å². The van der Waals surface area contributed by atoms with Gasteiger partial charge in [0.05, 0.1) is 0 Å². The van der Waals surface area contributed by atoms with Gasteiger partial charge in [-0.3, -0.25) is 4.57 Å². The van der Waals surface area contributed by atoms with Gasteiger partial charge in [-0.25, -0.2) is 9.97 Å². The lowest BCUT2D eigenvalue weighted by molar-refractivity contribution is 0.770. The summed E-state index contributed by atoms with van der Waals surface area (Å²) < 4.78 is 2.05. The molecule has 1 aliphatic carbocycles. The Morgan fingerprint density at radius 2 is 2.29 bits per heavy atom. The van der Waals surface area contributed by atoms with Crippen molar-refractivity contribution in [2.24, 2.45) is 0 Å². The average molecular weight is 188 g/mol. The molecule has 0 spiro atoms. The Morgan fingerprint density at radius 3 is 3.00 bits per heavy atom. The number of nitrogens with zero attached hydrogens (tertiary/aromatic N) is 3. The van der Waals surface area contributed by atoms with Gasteiger partial charge in [-0.05, 0) is 31.4 Å². The topological polar surface area (TPSA) is 56.7 Å². The second-order valence-electron chi connectivity index (χ2n) is 3.93. The van der Waals surface area contributed by atoms with Gasteiger partial charge in [0, 0.05) is 12.2 Å². The fourth-order valence-corrected chi connectivity index (χ4v) is 1.79. The third-order valence-electron chi connectivity index (χ3n) is 2.61. The van der Waals surface area contributed by atoms with E-state index < -0.39 is 0 Å². The van der Waals surface area contributed by atoms with E-state index in [4.69, 9.17) is 5.73 Å². The highest BCUT2D eigenvalue weighted by Crippen LogP contribution is 2.38. The number of fused-ring (bicyclic) bond motifs is 1. The summed E-state index contributed by atoms with van der Waals surface area (Å²) in [6, 6.07) is 2.56. The first-order valence-corrected chi connectivity index (χ1v) is 4.86. The second kappa shape index (κ2) is 2.47. The Hall–Kier alpha value is -1.58. The van der Waals surface area contributed by atoms with Crippen LogP contribution in [0, 0.1) is 6.92 Å². The quantitative estimate of drug-likeness (QED) is 0.740. The van der Waals surface area contributed by atoms with E-state index in [2.05, 4.69) is 14.5 Å². The number of nitrogen functional groups attached to an aromatic ring is 1. The molecule has 0 unspecified atom stereocenters. The smallest absolute Gasteiger partial charge is 0.202 e. The van der Waals surface area contributed by atoms with E-state index in [1.807, 2.05) is 19.2 Å². The van der Waals surface area contributed by atoms with Crippen LogP contribution in [0.2, 0.25) is 0 Å². The van der Waals surface area contributed by atoms with Crippen molar-refractivity contribution in [2.45, 2.75) is 25.8 Å². The normalized spacial score (nSPS) is 16.4. The van der Waals surface area contributed by atoms with Crippen molar-refractivity contribution in [1.29, 1.82) is 0 Å². The lowest BCUT2D eigenvalue weighted by Crippen LogP contribution is -2.01. The molecule has 1 aliphatic rings. The maximum Gasteiger partial charge on any atom is 0.202 e. The molecule has 0 amide bonds. The number of pyridine rings is 1. The van der Waals surface area contributed by atoms with E-state index in [1.165, 1.54) is 12.8 Å². The maximum atomic E-state index is 5.86. The summed E-state index contributed by atoms with van der Waals surface area (Å²) in [6.07, 6.45) is 4.26. The van der Waals surface area contributed by atoms with Crippen molar-refractivity contribution < 1.29 is 0 Å². The number of anilines is 1. The SMILES string of the molecule is Cc1cnc2c(c1)nc(N)n2C1CC1. The van der Waals surface area contributed by atoms with Crippen molar-refractivity contribution >= 4 is 17.1 Å². The Balaban J connectivity index is 2.32. The van der Waals surface area contributed by atoms with Gasteiger partial charge in [-0.15, -0.1) is 0 Å². The van der Waals surface area contributed by atoms with Crippen LogP contribution in [0.4, 0.5) is 5.95 Å². The molecule has 2 aromatic rings. The van der Waals surface area contributed by atoms with Gasteiger partial charge in [-0.1, -0.05) is 0 Å². The number of imidazole rings is 1. The Labute approximate surface area is 81.8 Å². The summed E-state index contributed by atoms with van der Waals surface area (Å²) in [7, 11) is 0. The zero-order chi connectivity index (χ0) is 9.71. The zero-order valence-electron chi connectivity index (χ0n) is 8.07. The molecule has 4 heteroatoms. The van der Waals surface area contributed by atoms with Crippen LogP contribution in [0.25, 0.3) is 11.2 Å². The molecule has 2 N–H and O–H groups in total. The molecule has 0 aromatic carbocycles. The number of nitrogens with two attached hydrogens (primary N) is 1. The van der Waals surface area contributed by atoms with Crippen molar-refractivity contribution in [3.05, 3.63) is 17.8 Å². The van der Waals surface area contributed by atoms with E-state index in [-0.39, 0.29) is 0 Å². The van der Waals surface area contributed by atoms with E-state index in [0.29, 0.717) is 12.0 Å². The molecular weight excluding hydrogens is 176 g/mol. The summed E-state index contributed by atoms with van der Waals surface area (Å²) in [4.78, 5) is 8.70. The fraction of sp³-hybridized carbons (Fsp3) is 0.400. The molecule has 14 heavy (non-hydrogen) atoms. The van der Waals surface area contributed by atoms with Crippen molar-refractivity contribution in [3.63, 3.8) is 0 Å². The number of aryl methyl sites for hydroxylation is 1. The molecule has 2 aromatic heterocycles. The van der Waals surface area contributed by atoms with Crippen molar-refractivity contribution in [2.75, 3.05) is 5.73 Å². The maximum absolute atomic E-state index is 5.86. The molecule has 72 valence electrons. The molecule has 0 radical (unpaired) electrons. The summed E-state index contributed by atoms with van der Waals surface area (Å²) in [5.74, 6) is 0.598. The van der Waals surface area contributed by atoms with Gasteiger partial charge in [0.2, 0.25) is 5.95 Å². The highest BCUT2D eigenvalue weighted by Gasteiger charge is 2.27. The number of hydrogen-bond donors (Lipinski definition) is 1. The van der Waals surface area contributed by atoms with Gasteiger partial charge in [-0.2, -0.15) is 0 Å². The summed E-state index contributed by atoms with van der Waals surface area (Å²) in [6.45, 7) is 2.01. The van der Waals surface area contributed by atoms with Gasteiger partial charge < -0.3 is 5.73 Å². The standard InChI is InChI=1S/C10H12N4/c1-6-4-8-9(12-5-6)14(7-2-3-7)10(11)13-8/h4-5,7H,2-3H2,1H3,(H2,11,13). The van der Waals surface area contributed by atoms with Gasteiger partial charge in [0.15, 0.2) is 5.65 Å². The highest BCUT2D eigenvalue weighted by atomic mass is 15.2. The molecule has 0 bridgehead atoms. The number of aromatic nitrogens is 3. The van der Waals surface area contributed by atoms with Crippen molar-refractivity contribution in [3.8, 4) is 0 Å². The minimum absolute atomic E-state index is 0.537. The Kier molecular flexibility index (Phi) is 1.37. The average Bonchev–Trinajstić information content (AvgIpc) is 2.89. The summed E-state index contributed by atoms with van der Waals surface area (Å²) in [5, 5.41) is 0. The molecule has 4 nitrogen and oxygen atoms in total. The summed E-state index contributed by atoms with van der Waals surface area (Å²) in [5.41, 5.74) is 8.82. The lowest BCUT2D eigenvalue weighted by Gasteiger charge is -2.01. The highest BCUT2D eigenvalue weighted by molar-refractivity contribution is 5.75. The molecule has 1 fully saturated rings. The number of rotatable bonds is 1. The van der Waals surface area contributed by atoms with Crippen LogP contribution in [-0.2, 0) is 0 Å². The summed E-state index contributed by atoms with van der Waals surface area (Å²) >= 11 is 0. The van der Waals surface area contributed by atoms with Crippen LogP contribution in [0.15, 0.2) is 12.3 Å². The Bertz CT molecular complexity index is 496. The third kappa shape index (κ3) is 0.999. The largest absolute Gasteiger partial charge is 0.369 e. The van der Waals surface area contributed by atoms with Crippen LogP contribution < -0.4 is 5.73 Å². The monoisotopic (exact) mass is 188 g/mol. The first-order valence-electron chi connectivity index (χ1n) is 4.86. The van der Waals surface area contributed by atoms with Crippen molar-refractivity contribution in [1.82, 2.24) is 14.5 Å². The third-order valence-corrected chi connectivity index (χ3v) is 2.61. The minimum Gasteiger partial charge on any atom is -0.369 e. The molecule has 0 atom stereocenters. The van der Waals surface area contributed by atoms with E-state index >= 15 is 0 Å². The van der Waals surface area contributed by atoms with Gasteiger partial charge in [0.1, 0.15) is 5.52 Å². The molecule has 3 rings (SSSR count). The van der Waals surface area contributed by atoms with E-state index in [9.17, 15) is 0 Å². The molecule has 0 saturated heterocycles. The van der Waals surface area contributed by atoms with Crippen LogP contribution in [0.3, 0.4) is 0 Å². The fourth-order valence-electron chi connectivity index (χ4n) is 1.79. The molecule has 2 heterocycles. The molecular formula is C10H12N4. The predicted octanol–water partition coefficient (Wildman–Crippen LogP) is 1.66. The van der Waals surface area contributed by atoms with Gasteiger partial charge >= 0.3 is 0 Å². The Morgan fingerprint density at radius 1 is 1.50 bits per heavy atom. The van der Waals surface area contributed by atoms with Crippen LogP contribution >= 0.6 is 0 Å². The lowest BCUT2D eigenvalue weighted by atomic mass is 10.3. The minimum atomic E-state index is 0.537.